The van der Waals surface area contributed by atoms with Crippen molar-refractivity contribution in [3.05, 3.63) is 45.2 Å². The van der Waals surface area contributed by atoms with Crippen molar-refractivity contribution in [3.63, 3.8) is 0 Å². The predicted octanol–water partition coefficient (Wildman–Crippen LogP) is 0.978. The normalized spacial score (nSPS) is 10.2. The number of hydrogen-bond donors (Lipinski definition) is 0. The Bertz CT molecular complexity index is 673. The second kappa shape index (κ2) is 4.07. The van der Waals surface area contributed by atoms with Gasteiger partial charge in [-0.1, -0.05) is 12.1 Å². The minimum absolute atomic E-state index is 0.347. The number of rotatable bonds is 2. The minimum Gasteiger partial charge on any atom is -0.372 e. The fraction of sp³-hybridized carbons (Fsp3) is 0.167. The van der Waals surface area contributed by atoms with Crippen LogP contribution in [0.5, 0.6) is 0 Å². The highest BCUT2D eigenvalue weighted by atomic mass is 16.4. The number of para-hydroxylation sites is 1. The molecular formula is C12H9NO3. The van der Waals surface area contributed by atoms with E-state index in [0.717, 1.165) is 0 Å². The van der Waals surface area contributed by atoms with Gasteiger partial charge in [-0.3, -0.25) is 4.57 Å². The van der Waals surface area contributed by atoms with Gasteiger partial charge in [-0.05, 0) is 12.1 Å². The lowest BCUT2D eigenvalue weighted by atomic mass is 10.2. The highest BCUT2D eigenvalue weighted by molar-refractivity contribution is 5.77. The molecule has 0 atom stereocenters. The monoisotopic (exact) mass is 215 g/mol. The molecule has 0 N–H and O–H groups in total. The van der Waals surface area contributed by atoms with Gasteiger partial charge in [0.2, 0.25) is 0 Å². The molecular weight excluding hydrogens is 206 g/mol. The Morgan fingerprint density at radius 1 is 1.31 bits per heavy atom. The summed E-state index contributed by atoms with van der Waals surface area (Å²) in [7, 11) is 0. The molecule has 80 valence electrons. The maximum Gasteiger partial charge on any atom is 0.422 e. The van der Waals surface area contributed by atoms with Gasteiger partial charge in [0.25, 0.3) is 0 Å². The first-order valence-corrected chi connectivity index (χ1v) is 4.80. The molecule has 1 heterocycles. The van der Waals surface area contributed by atoms with Gasteiger partial charge in [0, 0.05) is 13.0 Å². The molecule has 0 spiro atoms. The standard InChI is InChI=1S/C12H9NO3/c1-2-3-8-13-10-7-5-4-6-9(10)11(14)16-12(13)15/h1,4-7H,3,8H2. The van der Waals surface area contributed by atoms with Crippen LogP contribution in [0.1, 0.15) is 6.42 Å². The van der Waals surface area contributed by atoms with Crippen LogP contribution in [0.25, 0.3) is 10.9 Å². The van der Waals surface area contributed by atoms with Crippen LogP contribution in [0.15, 0.2) is 38.3 Å². The lowest BCUT2D eigenvalue weighted by Crippen LogP contribution is -2.24. The van der Waals surface area contributed by atoms with Gasteiger partial charge in [0.15, 0.2) is 0 Å². The largest absolute Gasteiger partial charge is 0.422 e. The Kier molecular flexibility index (Phi) is 2.61. The molecule has 4 nitrogen and oxygen atoms in total. The Balaban J connectivity index is 2.78. The van der Waals surface area contributed by atoms with Gasteiger partial charge in [0.05, 0.1) is 10.9 Å². The highest BCUT2D eigenvalue weighted by Gasteiger charge is 2.07. The van der Waals surface area contributed by atoms with Gasteiger partial charge >= 0.3 is 11.4 Å². The van der Waals surface area contributed by atoms with Crippen LogP contribution in [0, 0.1) is 12.3 Å². The van der Waals surface area contributed by atoms with Gasteiger partial charge in [-0.25, -0.2) is 9.59 Å². The fourth-order valence-electron chi connectivity index (χ4n) is 1.56. The van der Waals surface area contributed by atoms with Gasteiger partial charge in [-0.15, -0.1) is 12.3 Å². The van der Waals surface area contributed by atoms with Crippen molar-refractivity contribution in [2.45, 2.75) is 13.0 Å². The van der Waals surface area contributed by atoms with Crippen LogP contribution in [-0.2, 0) is 6.54 Å². The van der Waals surface area contributed by atoms with E-state index >= 15 is 0 Å². The first-order chi connectivity index (χ1) is 7.74. The molecule has 0 radical (unpaired) electrons. The van der Waals surface area contributed by atoms with E-state index in [-0.39, 0.29) is 0 Å². The predicted molar refractivity (Wildman–Crippen MR) is 60.2 cm³/mol. The van der Waals surface area contributed by atoms with Crippen molar-refractivity contribution in [2.24, 2.45) is 0 Å². The summed E-state index contributed by atoms with van der Waals surface area (Å²) in [5.74, 6) is 1.78. The lowest BCUT2D eigenvalue weighted by molar-refractivity contribution is 0.418. The number of nitrogens with zero attached hydrogens (tertiary/aromatic N) is 1. The zero-order chi connectivity index (χ0) is 11.5. The van der Waals surface area contributed by atoms with Crippen LogP contribution >= 0.6 is 0 Å². The van der Waals surface area contributed by atoms with E-state index in [4.69, 9.17) is 6.42 Å². The molecule has 2 aromatic rings. The second-order valence-corrected chi connectivity index (χ2v) is 3.28. The molecule has 0 unspecified atom stereocenters. The molecule has 0 amide bonds. The van der Waals surface area contributed by atoms with Gasteiger partial charge in [-0.2, -0.15) is 0 Å². The van der Waals surface area contributed by atoms with Crippen LogP contribution in [0.3, 0.4) is 0 Å². The number of aryl methyl sites for hydroxylation is 1. The zero-order valence-electron chi connectivity index (χ0n) is 8.47. The average Bonchev–Trinajstić information content (AvgIpc) is 2.29. The van der Waals surface area contributed by atoms with E-state index < -0.39 is 11.4 Å². The molecule has 2 rings (SSSR count). The van der Waals surface area contributed by atoms with Crippen molar-refractivity contribution in [1.29, 1.82) is 0 Å². The summed E-state index contributed by atoms with van der Waals surface area (Å²) in [4.78, 5) is 22.9. The molecule has 1 aromatic heterocycles. The van der Waals surface area contributed by atoms with Crippen molar-refractivity contribution in [3.8, 4) is 12.3 Å². The molecule has 16 heavy (non-hydrogen) atoms. The van der Waals surface area contributed by atoms with Crippen LogP contribution in [0.2, 0.25) is 0 Å². The number of hydrogen-bond acceptors (Lipinski definition) is 3. The van der Waals surface area contributed by atoms with Crippen molar-refractivity contribution in [2.75, 3.05) is 0 Å². The van der Waals surface area contributed by atoms with Crippen molar-refractivity contribution >= 4 is 10.9 Å². The smallest absolute Gasteiger partial charge is 0.372 e. The van der Waals surface area contributed by atoms with Gasteiger partial charge in [0.1, 0.15) is 0 Å². The Morgan fingerprint density at radius 2 is 2.06 bits per heavy atom. The van der Waals surface area contributed by atoms with Crippen molar-refractivity contribution < 1.29 is 4.42 Å². The zero-order valence-corrected chi connectivity index (χ0v) is 8.47. The number of benzene rings is 1. The molecule has 0 aliphatic rings. The SMILES string of the molecule is C#CCCn1c(=O)oc(=O)c2ccccc21. The Labute approximate surface area is 91.1 Å². The third kappa shape index (κ3) is 1.63. The Hall–Kier alpha value is -2.28. The Morgan fingerprint density at radius 3 is 2.81 bits per heavy atom. The molecule has 0 fully saturated rings. The summed E-state index contributed by atoms with van der Waals surface area (Å²) < 4.78 is 5.97. The first kappa shape index (κ1) is 10.2. The van der Waals surface area contributed by atoms with E-state index in [9.17, 15) is 9.59 Å². The van der Waals surface area contributed by atoms with Crippen LogP contribution < -0.4 is 11.4 Å². The number of aromatic nitrogens is 1. The highest BCUT2D eigenvalue weighted by Crippen LogP contribution is 2.07. The summed E-state index contributed by atoms with van der Waals surface area (Å²) in [5, 5.41) is 0.388. The van der Waals surface area contributed by atoms with E-state index in [1.807, 2.05) is 0 Å². The maximum atomic E-state index is 11.5. The topological polar surface area (TPSA) is 52.2 Å². The number of terminal acetylenes is 1. The quantitative estimate of drug-likeness (QED) is 0.701. The summed E-state index contributed by atoms with van der Waals surface area (Å²) in [6.45, 7) is 0.347. The van der Waals surface area contributed by atoms with E-state index in [2.05, 4.69) is 10.3 Å². The average molecular weight is 215 g/mol. The summed E-state index contributed by atoms with van der Waals surface area (Å²) in [6, 6.07) is 6.79. The molecule has 0 saturated heterocycles. The second-order valence-electron chi connectivity index (χ2n) is 3.28. The van der Waals surface area contributed by atoms with E-state index in [1.54, 1.807) is 24.3 Å². The summed E-state index contributed by atoms with van der Waals surface area (Å²) >= 11 is 0. The van der Waals surface area contributed by atoms with Crippen LogP contribution in [0.4, 0.5) is 0 Å². The maximum absolute atomic E-state index is 11.5. The van der Waals surface area contributed by atoms with E-state index in [0.29, 0.717) is 23.9 Å². The molecule has 4 heteroatoms. The molecule has 0 saturated carbocycles. The minimum atomic E-state index is -0.668. The third-order valence-electron chi connectivity index (χ3n) is 2.29. The lowest BCUT2D eigenvalue weighted by Gasteiger charge is -2.05. The molecule has 0 bridgehead atoms. The third-order valence-corrected chi connectivity index (χ3v) is 2.29. The molecule has 0 aliphatic heterocycles. The summed E-state index contributed by atoms with van der Waals surface area (Å²) in [5.41, 5.74) is -0.0587. The van der Waals surface area contributed by atoms with Crippen LogP contribution in [-0.4, -0.2) is 4.57 Å². The molecule has 1 aromatic carbocycles. The summed E-state index contributed by atoms with van der Waals surface area (Å²) in [6.07, 6.45) is 5.56. The van der Waals surface area contributed by atoms with E-state index in [1.165, 1.54) is 4.57 Å². The van der Waals surface area contributed by atoms with Crippen molar-refractivity contribution in [1.82, 2.24) is 4.57 Å². The molecule has 0 aliphatic carbocycles. The fourth-order valence-corrected chi connectivity index (χ4v) is 1.56. The number of fused-ring (bicyclic) bond motifs is 1. The first-order valence-electron chi connectivity index (χ1n) is 4.80. The van der Waals surface area contributed by atoms with Gasteiger partial charge < -0.3 is 4.42 Å².